The molecular weight excluding hydrogens is 210 g/mol. The summed E-state index contributed by atoms with van der Waals surface area (Å²) in [5, 5.41) is 19.9. The largest absolute Gasteiger partial charge is 0.487 e. The highest BCUT2D eigenvalue weighted by Gasteiger charge is 2.21. The molecule has 0 aliphatic carbocycles. The monoisotopic (exact) mass is 224 g/mol. The van der Waals surface area contributed by atoms with E-state index in [1.807, 2.05) is 0 Å². The lowest BCUT2D eigenvalue weighted by molar-refractivity contribution is -0.385. The van der Waals surface area contributed by atoms with Crippen LogP contribution in [0, 0.1) is 16.0 Å². The van der Waals surface area contributed by atoms with Crippen molar-refractivity contribution in [1.82, 2.24) is 0 Å². The molecule has 0 fully saturated rings. The molecule has 0 saturated heterocycles. The molecule has 0 unspecified atom stereocenters. The Morgan fingerprint density at radius 3 is 2.75 bits per heavy atom. The van der Waals surface area contributed by atoms with Crippen LogP contribution < -0.4 is 4.74 Å². The van der Waals surface area contributed by atoms with Gasteiger partial charge in [-0.05, 0) is 6.92 Å². The summed E-state index contributed by atoms with van der Waals surface area (Å²) in [6.45, 7) is 3.66. The maximum atomic E-state index is 10.8. The predicted octanol–water partition coefficient (Wildman–Crippen LogP) is 1.93. The Bertz CT molecular complexity index is 378. The number of hydrogen-bond donors (Lipinski definition) is 1. The zero-order valence-corrected chi connectivity index (χ0v) is 9.27. The fraction of sp³-hybridized carbons (Fsp3) is 0.364. The summed E-state index contributed by atoms with van der Waals surface area (Å²) in [5.74, 6) is 0.869. The number of nitro groups is 1. The zero-order valence-electron chi connectivity index (χ0n) is 9.27. The molecule has 0 saturated carbocycles. The van der Waals surface area contributed by atoms with Crippen LogP contribution in [0.3, 0.4) is 0 Å². The highest BCUT2D eigenvalue weighted by atomic mass is 16.6. The highest BCUT2D eigenvalue weighted by molar-refractivity contribution is 5.56. The number of benzene rings is 1. The topological polar surface area (TPSA) is 72.6 Å². The molecule has 0 aromatic heterocycles. The van der Waals surface area contributed by atoms with E-state index in [-0.39, 0.29) is 18.0 Å². The van der Waals surface area contributed by atoms with Gasteiger partial charge >= 0.3 is 5.69 Å². The fourth-order valence-electron chi connectivity index (χ4n) is 1.39. The summed E-state index contributed by atoms with van der Waals surface area (Å²) in [6.07, 6.45) is 0. The van der Waals surface area contributed by atoms with Gasteiger partial charge in [0.05, 0.1) is 18.1 Å². The van der Waals surface area contributed by atoms with E-state index in [0.29, 0.717) is 18.1 Å². The molecule has 0 aliphatic rings. The molecule has 1 radical (unpaired) electrons. The first-order valence-corrected chi connectivity index (χ1v) is 4.95. The number of aliphatic hydroxyl groups excluding tert-OH is 1. The second-order valence-corrected chi connectivity index (χ2v) is 3.28. The Kier molecular flexibility index (Phi) is 4.25. The Morgan fingerprint density at radius 2 is 2.25 bits per heavy atom. The van der Waals surface area contributed by atoms with E-state index in [2.05, 4.69) is 0 Å². The van der Waals surface area contributed by atoms with Crippen molar-refractivity contribution in [2.75, 3.05) is 13.2 Å². The van der Waals surface area contributed by atoms with Gasteiger partial charge in [-0.15, -0.1) is 0 Å². The number of rotatable bonds is 5. The third-order valence-electron chi connectivity index (χ3n) is 2.18. The van der Waals surface area contributed by atoms with Gasteiger partial charge in [-0.3, -0.25) is 10.1 Å². The van der Waals surface area contributed by atoms with E-state index in [1.54, 1.807) is 26.0 Å². The number of hydrogen-bond acceptors (Lipinski definition) is 4. The van der Waals surface area contributed by atoms with Crippen molar-refractivity contribution in [3.05, 3.63) is 39.8 Å². The second-order valence-electron chi connectivity index (χ2n) is 3.28. The van der Waals surface area contributed by atoms with Crippen molar-refractivity contribution in [3.8, 4) is 5.75 Å². The highest BCUT2D eigenvalue weighted by Crippen LogP contribution is 2.34. The molecule has 5 nitrogen and oxygen atoms in total. The molecule has 0 spiro atoms. The van der Waals surface area contributed by atoms with Gasteiger partial charge in [0, 0.05) is 17.5 Å². The molecule has 87 valence electrons. The maximum Gasteiger partial charge on any atom is 0.311 e. The van der Waals surface area contributed by atoms with Gasteiger partial charge in [0.15, 0.2) is 0 Å². The van der Waals surface area contributed by atoms with E-state index in [9.17, 15) is 10.1 Å². The summed E-state index contributed by atoms with van der Waals surface area (Å²) in [7, 11) is 0. The Labute approximate surface area is 93.8 Å². The van der Waals surface area contributed by atoms with Crippen LogP contribution >= 0.6 is 0 Å². The number of para-hydroxylation sites is 1. The van der Waals surface area contributed by atoms with Crippen LogP contribution in [0.5, 0.6) is 5.75 Å². The van der Waals surface area contributed by atoms with Crippen molar-refractivity contribution in [3.63, 3.8) is 0 Å². The minimum Gasteiger partial charge on any atom is -0.487 e. The van der Waals surface area contributed by atoms with Gasteiger partial charge < -0.3 is 9.84 Å². The number of aliphatic hydroxyl groups is 1. The van der Waals surface area contributed by atoms with Gasteiger partial charge in [0.1, 0.15) is 0 Å². The lowest BCUT2D eigenvalue weighted by Gasteiger charge is -2.13. The molecule has 16 heavy (non-hydrogen) atoms. The first kappa shape index (κ1) is 12.4. The van der Waals surface area contributed by atoms with Gasteiger partial charge in [0.2, 0.25) is 5.75 Å². The zero-order chi connectivity index (χ0) is 12.1. The minimum absolute atomic E-state index is 0.0767. The van der Waals surface area contributed by atoms with E-state index < -0.39 is 4.92 Å². The molecule has 0 atom stereocenters. The van der Waals surface area contributed by atoms with Crippen molar-refractivity contribution in [2.45, 2.75) is 13.8 Å². The van der Waals surface area contributed by atoms with Gasteiger partial charge in [0.25, 0.3) is 0 Å². The Morgan fingerprint density at radius 1 is 1.56 bits per heavy atom. The maximum absolute atomic E-state index is 10.8. The van der Waals surface area contributed by atoms with Crippen LogP contribution in [0.25, 0.3) is 0 Å². The van der Waals surface area contributed by atoms with Crippen LogP contribution in [0.2, 0.25) is 0 Å². The number of nitro benzene ring substituents is 1. The predicted molar refractivity (Wildman–Crippen MR) is 59.4 cm³/mol. The first-order valence-electron chi connectivity index (χ1n) is 4.95. The average molecular weight is 224 g/mol. The van der Waals surface area contributed by atoms with E-state index in [1.165, 1.54) is 6.07 Å². The summed E-state index contributed by atoms with van der Waals surface area (Å²) in [5.41, 5.74) is 0.505. The molecule has 0 aliphatic heterocycles. The van der Waals surface area contributed by atoms with Gasteiger partial charge in [-0.2, -0.15) is 0 Å². The smallest absolute Gasteiger partial charge is 0.311 e. The van der Waals surface area contributed by atoms with Crippen LogP contribution in [0.1, 0.15) is 19.4 Å². The van der Waals surface area contributed by atoms with Gasteiger partial charge in [-0.25, -0.2) is 0 Å². The van der Waals surface area contributed by atoms with Crippen molar-refractivity contribution in [2.24, 2.45) is 0 Å². The third-order valence-corrected chi connectivity index (χ3v) is 2.18. The molecule has 0 heterocycles. The second kappa shape index (κ2) is 5.46. The number of ether oxygens (including phenoxy) is 1. The summed E-state index contributed by atoms with van der Waals surface area (Å²) >= 11 is 0. The third kappa shape index (κ3) is 2.49. The van der Waals surface area contributed by atoms with Crippen molar-refractivity contribution in [1.29, 1.82) is 0 Å². The SMILES string of the molecule is CCOc1c([C](C)CO)cccc1[N+](=O)[O-]. The average Bonchev–Trinajstić information content (AvgIpc) is 2.28. The first-order chi connectivity index (χ1) is 7.61. The lowest BCUT2D eigenvalue weighted by Crippen LogP contribution is -2.06. The van der Waals surface area contributed by atoms with E-state index >= 15 is 0 Å². The lowest BCUT2D eigenvalue weighted by atomic mass is 10.0. The van der Waals surface area contributed by atoms with Crippen molar-refractivity contribution >= 4 is 5.69 Å². The standard InChI is InChI=1S/C11H14NO4/c1-3-16-11-9(8(2)7-13)5-4-6-10(11)12(14)15/h4-6,13H,3,7H2,1-2H3. The summed E-state index contributed by atoms with van der Waals surface area (Å²) < 4.78 is 5.28. The van der Waals surface area contributed by atoms with Crippen LogP contribution in [0.4, 0.5) is 5.69 Å². The quantitative estimate of drug-likeness (QED) is 0.612. The summed E-state index contributed by atoms with van der Waals surface area (Å²) in [4.78, 5) is 10.3. The molecule has 1 N–H and O–H groups in total. The summed E-state index contributed by atoms with van der Waals surface area (Å²) in [6, 6.07) is 4.66. The van der Waals surface area contributed by atoms with E-state index in [4.69, 9.17) is 9.84 Å². The molecule has 0 bridgehead atoms. The Balaban J connectivity index is 3.26. The molecule has 0 amide bonds. The van der Waals surface area contributed by atoms with Gasteiger partial charge in [-0.1, -0.05) is 19.1 Å². The molecular formula is C11H14NO4. The molecule has 5 heteroatoms. The van der Waals surface area contributed by atoms with Crippen LogP contribution in [0.15, 0.2) is 18.2 Å². The normalized spacial score (nSPS) is 10.5. The number of nitrogens with zero attached hydrogens (tertiary/aromatic N) is 1. The minimum atomic E-state index is -0.487. The molecule has 1 aromatic rings. The molecule has 1 rings (SSSR count). The van der Waals surface area contributed by atoms with Crippen LogP contribution in [-0.2, 0) is 0 Å². The Hall–Kier alpha value is -1.62. The van der Waals surface area contributed by atoms with E-state index in [0.717, 1.165) is 0 Å². The van der Waals surface area contributed by atoms with Crippen LogP contribution in [-0.4, -0.2) is 23.2 Å². The fourth-order valence-corrected chi connectivity index (χ4v) is 1.39. The molecule has 1 aromatic carbocycles. The van der Waals surface area contributed by atoms with Crippen molar-refractivity contribution < 1.29 is 14.8 Å².